The third-order valence-corrected chi connectivity index (χ3v) is 7.76. The van der Waals surface area contributed by atoms with Crippen LogP contribution in [0, 0.1) is 0 Å². The van der Waals surface area contributed by atoms with Gasteiger partial charge >= 0.3 is 0 Å². The summed E-state index contributed by atoms with van der Waals surface area (Å²) in [6, 6.07) is 0. The Hall–Kier alpha value is 0.0969. The van der Waals surface area contributed by atoms with Crippen LogP contribution in [0.3, 0.4) is 0 Å². The highest BCUT2D eigenvalue weighted by Crippen LogP contribution is 2.38. The Bertz CT molecular complexity index is 198. The zero-order valence-electron chi connectivity index (χ0n) is 9.83. The smallest absolute Gasteiger partial charge is 0.192 e. The summed E-state index contributed by atoms with van der Waals surface area (Å²) >= 11 is 0. The SMILES string of the molecule is CC(C)(C)[Si](C)(C)O[C@@H]1COC[C@H]1O. The van der Waals surface area contributed by atoms with E-state index in [0.717, 1.165) is 0 Å². The maximum Gasteiger partial charge on any atom is 0.192 e. The van der Waals surface area contributed by atoms with E-state index in [9.17, 15) is 5.11 Å². The molecule has 1 saturated heterocycles. The van der Waals surface area contributed by atoms with Gasteiger partial charge in [-0.2, -0.15) is 0 Å². The fourth-order valence-electron chi connectivity index (χ4n) is 1.19. The Kier molecular flexibility index (Phi) is 3.41. The molecule has 84 valence electrons. The Labute approximate surface area is 87.5 Å². The zero-order chi connectivity index (χ0) is 11.0. The van der Waals surface area contributed by atoms with Crippen LogP contribution in [0.2, 0.25) is 18.1 Å². The van der Waals surface area contributed by atoms with Crippen molar-refractivity contribution in [3.8, 4) is 0 Å². The van der Waals surface area contributed by atoms with E-state index in [-0.39, 0.29) is 11.1 Å². The molecule has 1 fully saturated rings. The molecule has 14 heavy (non-hydrogen) atoms. The molecule has 0 aromatic rings. The van der Waals surface area contributed by atoms with Crippen molar-refractivity contribution >= 4 is 8.32 Å². The predicted molar refractivity (Wildman–Crippen MR) is 58.9 cm³/mol. The number of hydrogen-bond acceptors (Lipinski definition) is 3. The van der Waals surface area contributed by atoms with Gasteiger partial charge < -0.3 is 14.3 Å². The van der Waals surface area contributed by atoms with E-state index >= 15 is 0 Å². The maximum atomic E-state index is 9.59. The first-order chi connectivity index (χ1) is 6.24. The average molecular weight is 218 g/mol. The monoisotopic (exact) mass is 218 g/mol. The molecular weight excluding hydrogens is 196 g/mol. The molecule has 0 saturated carbocycles. The molecule has 1 aliphatic rings. The minimum Gasteiger partial charge on any atom is -0.409 e. The van der Waals surface area contributed by atoms with Gasteiger partial charge in [-0.3, -0.25) is 0 Å². The lowest BCUT2D eigenvalue weighted by molar-refractivity contribution is 0.0642. The van der Waals surface area contributed by atoms with Gasteiger partial charge in [0.1, 0.15) is 6.10 Å². The second-order valence-corrected chi connectivity index (χ2v) is 10.3. The number of aliphatic hydroxyl groups excluding tert-OH is 1. The minimum atomic E-state index is -1.75. The molecule has 3 nitrogen and oxygen atoms in total. The van der Waals surface area contributed by atoms with E-state index in [1.807, 2.05) is 0 Å². The van der Waals surface area contributed by atoms with Crippen molar-refractivity contribution in [2.24, 2.45) is 0 Å². The van der Waals surface area contributed by atoms with Gasteiger partial charge in [-0.15, -0.1) is 0 Å². The van der Waals surface area contributed by atoms with Crippen molar-refractivity contribution in [2.45, 2.75) is 51.1 Å². The largest absolute Gasteiger partial charge is 0.409 e. The van der Waals surface area contributed by atoms with E-state index in [2.05, 4.69) is 33.9 Å². The topological polar surface area (TPSA) is 38.7 Å². The summed E-state index contributed by atoms with van der Waals surface area (Å²) in [4.78, 5) is 0. The fraction of sp³-hybridized carbons (Fsp3) is 1.00. The van der Waals surface area contributed by atoms with Crippen molar-refractivity contribution in [1.29, 1.82) is 0 Å². The minimum absolute atomic E-state index is 0.115. The number of ether oxygens (including phenoxy) is 1. The van der Waals surface area contributed by atoms with Gasteiger partial charge in [-0.1, -0.05) is 20.8 Å². The molecular formula is C10H22O3Si. The van der Waals surface area contributed by atoms with E-state index in [1.54, 1.807) is 0 Å². The van der Waals surface area contributed by atoms with Crippen LogP contribution < -0.4 is 0 Å². The third-order valence-electron chi connectivity index (χ3n) is 3.25. The highest BCUT2D eigenvalue weighted by atomic mass is 28.4. The van der Waals surface area contributed by atoms with Crippen molar-refractivity contribution < 1.29 is 14.3 Å². The second-order valence-electron chi connectivity index (χ2n) is 5.52. The molecule has 0 aliphatic carbocycles. The Morgan fingerprint density at radius 2 is 1.86 bits per heavy atom. The van der Waals surface area contributed by atoms with Gasteiger partial charge in [0.2, 0.25) is 0 Å². The average Bonchev–Trinajstić information content (AvgIpc) is 2.33. The van der Waals surface area contributed by atoms with E-state index in [4.69, 9.17) is 9.16 Å². The number of hydrogen-bond donors (Lipinski definition) is 1. The first kappa shape index (κ1) is 12.2. The summed E-state index contributed by atoms with van der Waals surface area (Å²) in [7, 11) is -1.75. The molecule has 2 atom stereocenters. The molecule has 4 heteroatoms. The van der Waals surface area contributed by atoms with E-state index < -0.39 is 14.4 Å². The Balaban J connectivity index is 2.58. The number of rotatable bonds is 2. The molecule has 0 aromatic heterocycles. The molecule has 0 bridgehead atoms. The summed E-state index contributed by atoms with van der Waals surface area (Å²) in [5.74, 6) is 0. The maximum absolute atomic E-state index is 9.59. The summed E-state index contributed by atoms with van der Waals surface area (Å²) in [5.41, 5.74) is 0. The van der Waals surface area contributed by atoms with Crippen LogP contribution in [0.15, 0.2) is 0 Å². The van der Waals surface area contributed by atoms with Crippen molar-refractivity contribution in [3.05, 3.63) is 0 Å². The molecule has 1 heterocycles. The van der Waals surface area contributed by atoms with Gasteiger partial charge in [-0.25, -0.2) is 0 Å². The van der Waals surface area contributed by atoms with E-state index in [0.29, 0.717) is 13.2 Å². The molecule has 0 unspecified atom stereocenters. The molecule has 0 radical (unpaired) electrons. The summed E-state index contributed by atoms with van der Waals surface area (Å²) in [6.45, 7) is 11.9. The molecule has 0 spiro atoms. The highest BCUT2D eigenvalue weighted by Gasteiger charge is 2.41. The van der Waals surface area contributed by atoms with Crippen LogP contribution in [0.4, 0.5) is 0 Å². The fourth-order valence-corrected chi connectivity index (χ4v) is 2.53. The van der Waals surface area contributed by atoms with Gasteiger partial charge in [0.25, 0.3) is 0 Å². The molecule has 1 N–H and O–H groups in total. The molecule has 1 rings (SSSR count). The van der Waals surface area contributed by atoms with Crippen LogP contribution in [0.5, 0.6) is 0 Å². The standard InChI is InChI=1S/C10H22O3Si/c1-10(2,3)14(4,5)13-9-7-12-6-8(9)11/h8-9,11H,6-7H2,1-5H3/t8-,9-/m1/s1. The first-order valence-electron chi connectivity index (χ1n) is 5.18. The Morgan fingerprint density at radius 1 is 1.29 bits per heavy atom. The van der Waals surface area contributed by atoms with Crippen molar-refractivity contribution in [1.82, 2.24) is 0 Å². The highest BCUT2D eigenvalue weighted by molar-refractivity contribution is 6.74. The van der Waals surface area contributed by atoms with Crippen molar-refractivity contribution in [2.75, 3.05) is 13.2 Å². The van der Waals surface area contributed by atoms with Crippen LogP contribution in [-0.2, 0) is 9.16 Å². The normalized spacial score (nSPS) is 29.6. The lowest BCUT2D eigenvalue weighted by atomic mass is 10.2. The number of aliphatic hydroxyl groups is 1. The van der Waals surface area contributed by atoms with Gasteiger partial charge in [0.15, 0.2) is 8.32 Å². The van der Waals surface area contributed by atoms with Gasteiger partial charge in [-0.05, 0) is 18.1 Å². The zero-order valence-corrected chi connectivity index (χ0v) is 10.8. The molecule has 1 aliphatic heterocycles. The van der Waals surface area contributed by atoms with Crippen LogP contribution in [0.1, 0.15) is 20.8 Å². The van der Waals surface area contributed by atoms with Gasteiger partial charge in [0.05, 0.1) is 19.3 Å². The first-order valence-corrected chi connectivity index (χ1v) is 8.08. The Morgan fingerprint density at radius 3 is 2.21 bits per heavy atom. The summed E-state index contributed by atoms with van der Waals surface area (Å²) < 4.78 is 11.2. The van der Waals surface area contributed by atoms with Crippen LogP contribution in [0.25, 0.3) is 0 Å². The molecule has 0 amide bonds. The van der Waals surface area contributed by atoms with Crippen molar-refractivity contribution in [3.63, 3.8) is 0 Å². The van der Waals surface area contributed by atoms with E-state index in [1.165, 1.54) is 0 Å². The quantitative estimate of drug-likeness (QED) is 0.718. The lowest BCUT2D eigenvalue weighted by Crippen LogP contribution is -2.46. The third kappa shape index (κ3) is 2.57. The van der Waals surface area contributed by atoms with Gasteiger partial charge in [0, 0.05) is 0 Å². The predicted octanol–water partition coefficient (Wildman–Crippen LogP) is 1.77. The van der Waals surface area contributed by atoms with Crippen LogP contribution in [-0.4, -0.2) is 38.8 Å². The molecule has 0 aromatic carbocycles. The van der Waals surface area contributed by atoms with Crippen LogP contribution >= 0.6 is 0 Å². The summed E-state index contributed by atoms with van der Waals surface area (Å²) in [5, 5.41) is 9.78. The second kappa shape index (κ2) is 3.93. The summed E-state index contributed by atoms with van der Waals surface area (Å²) in [6.07, 6.45) is -0.556. The lowest BCUT2D eigenvalue weighted by Gasteiger charge is -2.38.